The minimum Gasteiger partial charge on any atom is -0.292 e. The maximum Gasteiger partial charge on any atom is 0.0681 e. The predicted octanol–water partition coefficient (Wildman–Crippen LogP) is 2.56. The summed E-state index contributed by atoms with van der Waals surface area (Å²) in [6.45, 7) is 13.5. The molecular formula is C12H19N. The summed E-state index contributed by atoms with van der Waals surface area (Å²) in [4.78, 5) is 2.47. The van der Waals surface area contributed by atoms with Crippen LogP contribution in [0, 0.1) is 22.8 Å². The van der Waals surface area contributed by atoms with Gasteiger partial charge in [0.15, 0.2) is 0 Å². The van der Waals surface area contributed by atoms with Gasteiger partial charge in [0, 0.05) is 13.1 Å². The molecule has 3 heterocycles. The van der Waals surface area contributed by atoms with Crippen LogP contribution in [0.4, 0.5) is 0 Å². The summed E-state index contributed by atoms with van der Waals surface area (Å²) in [5, 5.41) is 0. The molecular weight excluding hydrogens is 158 g/mol. The first-order valence-corrected chi connectivity index (χ1v) is 5.43. The lowest BCUT2D eigenvalue weighted by atomic mass is 9.49. The van der Waals surface area contributed by atoms with Crippen LogP contribution in [0.1, 0.15) is 40.0 Å². The van der Waals surface area contributed by atoms with E-state index in [2.05, 4.69) is 32.2 Å². The second-order valence-electron chi connectivity index (χ2n) is 6.68. The van der Waals surface area contributed by atoms with Gasteiger partial charge in [0.2, 0.25) is 0 Å². The Balaban J connectivity index is 2.03. The van der Waals surface area contributed by atoms with Crippen LogP contribution in [0.5, 0.6) is 0 Å². The average Bonchev–Trinajstić information content (AvgIpc) is 1.71. The lowest BCUT2D eigenvalue weighted by Crippen LogP contribution is -2.63. The van der Waals surface area contributed by atoms with E-state index in [0.29, 0.717) is 16.2 Å². The van der Waals surface area contributed by atoms with Crippen LogP contribution < -0.4 is 0 Å². The topological polar surface area (TPSA) is 3.24 Å². The molecule has 2 unspecified atom stereocenters. The SMILES string of the molecule is CC12[C]N3C[C@@](C)(C1)C[C@](C)(C3)C2. The Hall–Kier alpha value is -0.0400. The van der Waals surface area contributed by atoms with Gasteiger partial charge in [-0.25, -0.2) is 0 Å². The van der Waals surface area contributed by atoms with Crippen LogP contribution in [0.15, 0.2) is 0 Å². The number of hydrogen-bond donors (Lipinski definition) is 0. The Morgan fingerprint density at radius 1 is 0.923 bits per heavy atom. The molecule has 0 spiro atoms. The molecule has 4 atom stereocenters. The third kappa shape index (κ3) is 1.09. The molecule has 0 N–H and O–H groups in total. The van der Waals surface area contributed by atoms with Crippen molar-refractivity contribution in [2.45, 2.75) is 40.0 Å². The standard InChI is InChI=1S/C12H19N/c1-10-4-11(2)6-12(3,5-10)9-13(7-10)8-11/h4-8H2,1-3H3/t10-,11+,12?. The van der Waals surface area contributed by atoms with Gasteiger partial charge >= 0.3 is 0 Å². The summed E-state index contributed by atoms with van der Waals surface area (Å²) in [5.41, 5.74) is 1.58. The smallest absolute Gasteiger partial charge is 0.0681 e. The van der Waals surface area contributed by atoms with E-state index in [-0.39, 0.29) is 0 Å². The second kappa shape index (κ2) is 1.98. The molecule has 0 aromatic carbocycles. The molecule has 72 valence electrons. The Labute approximate surface area is 81.5 Å². The van der Waals surface area contributed by atoms with Crippen molar-refractivity contribution in [3.63, 3.8) is 0 Å². The molecule has 2 radical (unpaired) electrons. The Morgan fingerprint density at radius 3 is 1.85 bits per heavy atom. The molecule has 13 heavy (non-hydrogen) atoms. The lowest BCUT2D eigenvalue weighted by molar-refractivity contribution is -0.129. The Kier molecular flexibility index (Phi) is 1.26. The largest absolute Gasteiger partial charge is 0.292 e. The van der Waals surface area contributed by atoms with Gasteiger partial charge in [0.05, 0.1) is 6.54 Å². The highest BCUT2D eigenvalue weighted by molar-refractivity contribution is 5.14. The maximum atomic E-state index is 3.67. The van der Waals surface area contributed by atoms with Crippen molar-refractivity contribution in [2.24, 2.45) is 16.2 Å². The van der Waals surface area contributed by atoms with E-state index in [9.17, 15) is 0 Å². The summed E-state index contributed by atoms with van der Waals surface area (Å²) in [6, 6.07) is 0. The summed E-state index contributed by atoms with van der Waals surface area (Å²) >= 11 is 0. The first-order valence-electron chi connectivity index (χ1n) is 5.43. The van der Waals surface area contributed by atoms with Gasteiger partial charge in [-0.05, 0) is 35.5 Å². The van der Waals surface area contributed by atoms with Crippen LogP contribution in [0.2, 0.25) is 0 Å². The first-order chi connectivity index (χ1) is 5.91. The highest BCUT2D eigenvalue weighted by Gasteiger charge is 2.58. The summed E-state index contributed by atoms with van der Waals surface area (Å²) < 4.78 is 0. The van der Waals surface area contributed by atoms with Crippen molar-refractivity contribution in [2.75, 3.05) is 13.1 Å². The molecule has 1 saturated carbocycles. The third-order valence-corrected chi connectivity index (χ3v) is 4.06. The van der Waals surface area contributed by atoms with Gasteiger partial charge in [0.25, 0.3) is 0 Å². The molecule has 1 aliphatic carbocycles. The van der Waals surface area contributed by atoms with Crippen LogP contribution in [-0.2, 0) is 0 Å². The Morgan fingerprint density at radius 2 is 1.46 bits per heavy atom. The summed E-state index contributed by atoms with van der Waals surface area (Å²) in [7, 11) is 0. The highest BCUT2D eigenvalue weighted by atomic mass is 15.2. The van der Waals surface area contributed by atoms with Gasteiger partial charge in [-0.2, -0.15) is 0 Å². The van der Waals surface area contributed by atoms with Crippen LogP contribution in [-0.4, -0.2) is 18.0 Å². The molecule has 0 amide bonds. The molecule has 1 nitrogen and oxygen atoms in total. The van der Waals surface area contributed by atoms with Crippen LogP contribution in [0.25, 0.3) is 0 Å². The number of hydrogen-bond acceptors (Lipinski definition) is 1. The maximum absolute atomic E-state index is 3.67. The van der Waals surface area contributed by atoms with E-state index >= 15 is 0 Å². The first kappa shape index (κ1) is 8.28. The fourth-order valence-electron chi connectivity index (χ4n) is 4.84. The number of piperidine rings is 3. The van der Waals surface area contributed by atoms with Crippen LogP contribution >= 0.6 is 0 Å². The lowest BCUT2D eigenvalue weighted by Gasteiger charge is -2.65. The average molecular weight is 177 g/mol. The van der Waals surface area contributed by atoms with Crippen molar-refractivity contribution in [1.29, 1.82) is 0 Å². The molecule has 4 aliphatic rings. The quantitative estimate of drug-likeness (QED) is 0.549. The van der Waals surface area contributed by atoms with Crippen molar-refractivity contribution >= 4 is 0 Å². The molecule has 4 bridgehead atoms. The fraction of sp³-hybridized carbons (Fsp3) is 0.917. The second-order valence-corrected chi connectivity index (χ2v) is 6.68. The summed E-state index contributed by atoms with van der Waals surface area (Å²) in [5.74, 6) is 0. The van der Waals surface area contributed by atoms with Gasteiger partial charge < -0.3 is 0 Å². The minimum atomic E-state index is 0.401. The fourth-order valence-corrected chi connectivity index (χ4v) is 4.84. The van der Waals surface area contributed by atoms with Crippen molar-refractivity contribution < 1.29 is 0 Å². The monoisotopic (exact) mass is 177 g/mol. The van der Waals surface area contributed by atoms with E-state index in [1.54, 1.807) is 0 Å². The zero-order chi connectivity index (χ0) is 9.32. The molecule has 0 aromatic heterocycles. The van der Waals surface area contributed by atoms with E-state index in [4.69, 9.17) is 0 Å². The minimum absolute atomic E-state index is 0.401. The van der Waals surface area contributed by atoms with Gasteiger partial charge in [-0.15, -0.1) is 0 Å². The normalized spacial score (nSPS) is 64.4. The Bertz CT molecular complexity index is 207. The van der Waals surface area contributed by atoms with Gasteiger partial charge in [-0.1, -0.05) is 20.8 Å². The van der Waals surface area contributed by atoms with Crippen molar-refractivity contribution in [3.05, 3.63) is 6.54 Å². The van der Waals surface area contributed by atoms with Gasteiger partial charge in [-0.3, -0.25) is 4.90 Å². The van der Waals surface area contributed by atoms with Crippen molar-refractivity contribution in [3.8, 4) is 0 Å². The zero-order valence-corrected chi connectivity index (χ0v) is 8.98. The van der Waals surface area contributed by atoms with Gasteiger partial charge in [0.1, 0.15) is 0 Å². The molecule has 3 aliphatic heterocycles. The van der Waals surface area contributed by atoms with E-state index < -0.39 is 0 Å². The number of nitrogens with zero attached hydrogens (tertiary/aromatic N) is 1. The molecule has 4 fully saturated rings. The molecule has 0 aromatic rings. The predicted molar refractivity (Wildman–Crippen MR) is 53.0 cm³/mol. The summed E-state index contributed by atoms with van der Waals surface area (Å²) in [6.07, 6.45) is 4.17. The van der Waals surface area contributed by atoms with Crippen molar-refractivity contribution in [1.82, 2.24) is 4.90 Å². The number of rotatable bonds is 0. The molecule has 3 saturated heterocycles. The van der Waals surface area contributed by atoms with Crippen LogP contribution in [0.3, 0.4) is 0 Å². The molecule has 1 heteroatoms. The van der Waals surface area contributed by atoms with E-state index in [1.165, 1.54) is 32.4 Å². The zero-order valence-electron chi connectivity index (χ0n) is 8.98. The van der Waals surface area contributed by atoms with E-state index in [0.717, 1.165) is 0 Å². The molecule has 4 rings (SSSR count). The highest BCUT2D eigenvalue weighted by Crippen LogP contribution is 2.62. The third-order valence-electron chi connectivity index (χ3n) is 4.06. The van der Waals surface area contributed by atoms with E-state index in [1.807, 2.05) is 0 Å².